The Morgan fingerprint density at radius 1 is 1.33 bits per heavy atom. The van der Waals surface area contributed by atoms with Gasteiger partial charge in [0.1, 0.15) is 6.54 Å². The van der Waals surface area contributed by atoms with Crippen LogP contribution in [0.5, 0.6) is 0 Å². The molecular formula is C13H12BrClN2O. The fraction of sp³-hybridized carbons (Fsp3) is 0.231. The van der Waals surface area contributed by atoms with E-state index in [1.807, 2.05) is 13.8 Å². The van der Waals surface area contributed by atoms with E-state index in [9.17, 15) is 4.79 Å². The van der Waals surface area contributed by atoms with Gasteiger partial charge in [-0.25, -0.2) is 0 Å². The Kier molecular flexibility index (Phi) is 3.88. The zero-order chi connectivity index (χ0) is 13.3. The predicted octanol–water partition coefficient (Wildman–Crippen LogP) is 3.80. The molecule has 5 heteroatoms. The third kappa shape index (κ3) is 2.65. The Labute approximate surface area is 119 Å². The summed E-state index contributed by atoms with van der Waals surface area (Å²) >= 11 is 9.23. The van der Waals surface area contributed by atoms with E-state index < -0.39 is 0 Å². The molecule has 0 spiro atoms. The largest absolute Gasteiger partial charge is 0.292 e. The lowest BCUT2D eigenvalue weighted by atomic mass is 10.1. The number of hydrogen-bond acceptors (Lipinski definition) is 2. The minimum Gasteiger partial charge on any atom is -0.292 e. The van der Waals surface area contributed by atoms with Gasteiger partial charge in [-0.2, -0.15) is 5.10 Å². The molecule has 0 saturated heterocycles. The summed E-state index contributed by atoms with van der Waals surface area (Å²) in [6.07, 6.45) is 0. The molecule has 0 N–H and O–H groups in total. The van der Waals surface area contributed by atoms with Crippen molar-refractivity contribution in [2.75, 3.05) is 0 Å². The van der Waals surface area contributed by atoms with Crippen LogP contribution < -0.4 is 0 Å². The van der Waals surface area contributed by atoms with Crippen LogP contribution in [0.3, 0.4) is 0 Å². The van der Waals surface area contributed by atoms with Gasteiger partial charge < -0.3 is 0 Å². The molecule has 18 heavy (non-hydrogen) atoms. The number of Topliss-reactive ketones (excluding diaryl/α,β-unsaturated/α-hetero) is 1. The van der Waals surface area contributed by atoms with Gasteiger partial charge in [0.05, 0.1) is 15.9 Å². The van der Waals surface area contributed by atoms with Crippen LogP contribution in [0.2, 0.25) is 5.02 Å². The summed E-state index contributed by atoms with van der Waals surface area (Å²) in [6, 6.07) is 6.88. The van der Waals surface area contributed by atoms with Gasteiger partial charge in [-0.1, -0.05) is 11.6 Å². The molecule has 94 valence electrons. The van der Waals surface area contributed by atoms with Gasteiger partial charge in [0, 0.05) is 10.6 Å². The monoisotopic (exact) mass is 326 g/mol. The second-order valence-corrected chi connectivity index (χ2v) is 5.30. The highest BCUT2D eigenvalue weighted by molar-refractivity contribution is 9.10. The smallest absolute Gasteiger partial charge is 0.184 e. The summed E-state index contributed by atoms with van der Waals surface area (Å²) in [5.41, 5.74) is 2.48. The maximum Gasteiger partial charge on any atom is 0.184 e. The van der Waals surface area contributed by atoms with E-state index in [2.05, 4.69) is 21.0 Å². The molecule has 0 atom stereocenters. The number of nitrogens with zero attached hydrogens (tertiary/aromatic N) is 2. The first-order valence-corrected chi connectivity index (χ1v) is 6.64. The third-order valence-electron chi connectivity index (χ3n) is 2.75. The Balaban J connectivity index is 2.21. The standard InChI is InChI=1S/C13H12BrClN2O/c1-8-13(14)9(2)17(16-8)7-12(18)10-3-5-11(15)6-4-10/h3-6H,7H2,1-2H3. The molecule has 1 heterocycles. The van der Waals surface area contributed by atoms with E-state index in [0.717, 1.165) is 15.9 Å². The van der Waals surface area contributed by atoms with Crippen molar-refractivity contribution in [3.05, 3.63) is 50.7 Å². The summed E-state index contributed by atoms with van der Waals surface area (Å²) < 4.78 is 2.66. The highest BCUT2D eigenvalue weighted by Gasteiger charge is 2.13. The molecule has 3 nitrogen and oxygen atoms in total. The minimum absolute atomic E-state index is 0.0183. The minimum atomic E-state index is 0.0183. The van der Waals surface area contributed by atoms with Crippen LogP contribution in [0.15, 0.2) is 28.7 Å². The van der Waals surface area contributed by atoms with Crippen LogP contribution in [0.1, 0.15) is 21.7 Å². The topological polar surface area (TPSA) is 34.9 Å². The van der Waals surface area contributed by atoms with Gasteiger partial charge in [0.15, 0.2) is 5.78 Å². The van der Waals surface area contributed by atoms with E-state index in [-0.39, 0.29) is 12.3 Å². The van der Waals surface area contributed by atoms with Crippen LogP contribution in [0.25, 0.3) is 0 Å². The van der Waals surface area contributed by atoms with Gasteiger partial charge in [-0.05, 0) is 54.0 Å². The second-order valence-electron chi connectivity index (χ2n) is 4.07. The molecule has 2 aromatic rings. The maximum atomic E-state index is 12.1. The number of aromatic nitrogens is 2. The van der Waals surface area contributed by atoms with Gasteiger partial charge >= 0.3 is 0 Å². The number of aryl methyl sites for hydroxylation is 1. The molecule has 0 radical (unpaired) electrons. The number of carbonyl (C=O) groups is 1. The van der Waals surface area contributed by atoms with Crippen LogP contribution >= 0.6 is 27.5 Å². The van der Waals surface area contributed by atoms with Gasteiger partial charge in [-0.15, -0.1) is 0 Å². The SMILES string of the molecule is Cc1nn(CC(=O)c2ccc(Cl)cc2)c(C)c1Br. The summed E-state index contributed by atoms with van der Waals surface area (Å²) in [7, 11) is 0. The lowest BCUT2D eigenvalue weighted by Gasteiger charge is -2.04. The molecule has 1 aromatic carbocycles. The first-order chi connectivity index (χ1) is 8.49. The van der Waals surface area contributed by atoms with E-state index in [1.165, 1.54) is 0 Å². The van der Waals surface area contributed by atoms with Crippen molar-refractivity contribution < 1.29 is 4.79 Å². The van der Waals surface area contributed by atoms with Crippen molar-refractivity contribution in [1.29, 1.82) is 0 Å². The zero-order valence-corrected chi connectivity index (χ0v) is 12.4. The second kappa shape index (κ2) is 5.24. The van der Waals surface area contributed by atoms with Crippen LogP contribution in [-0.2, 0) is 6.54 Å². The average Bonchev–Trinajstić information content (AvgIpc) is 2.58. The van der Waals surface area contributed by atoms with E-state index in [4.69, 9.17) is 11.6 Å². The summed E-state index contributed by atoms with van der Waals surface area (Å²) in [5.74, 6) is 0.0183. The molecule has 0 aliphatic carbocycles. The Morgan fingerprint density at radius 3 is 2.44 bits per heavy atom. The molecule has 2 rings (SSSR count). The molecule has 0 amide bonds. The Hall–Kier alpha value is -1.13. The Morgan fingerprint density at radius 2 is 1.94 bits per heavy atom. The van der Waals surface area contributed by atoms with E-state index in [1.54, 1.807) is 28.9 Å². The van der Waals surface area contributed by atoms with Crippen LogP contribution in [-0.4, -0.2) is 15.6 Å². The Bertz CT molecular complexity index is 590. The highest BCUT2D eigenvalue weighted by atomic mass is 79.9. The summed E-state index contributed by atoms with van der Waals surface area (Å²) in [5, 5.41) is 4.94. The molecule has 0 saturated carbocycles. The fourth-order valence-corrected chi connectivity index (χ4v) is 2.10. The van der Waals surface area contributed by atoms with Gasteiger partial charge in [0.2, 0.25) is 0 Å². The molecule has 0 bridgehead atoms. The molecule has 0 unspecified atom stereocenters. The lowest BCUT2D eigenvalue weighted by Crippen LogP contribution is -2.13. The van der Waals surface area contributed by atoms with Gasteiger partial charge in [0.25, 0.3) is 0 Å². The number of ketones is 1. The predicted molar refractivity (Wildman–Crippen MR) is 75.2 cm³/mol. The quantitative estimate of drug-likeness (QED) is 0.804. The maximum absolute atomic E-state index is 12.1. The van der Waals surface area contributed by atoms with Gasteiger partial charge in [-0.3, -0.25) is 9.48 Å². The molecular weight excluding hydrogens is 316 g/mol. The number of hydrogen-bond donors (Lipinski definition) is 0. The molecule has 1 aromatic heterocycles. The van der Waals surface area contributed by atoms with Crippen molar-refractivity contribution in [1.82, 2.24) is 9.78 Å². The van der Waals surface area contributed by atoms with Crippen molar-refractivity contribution in [2.24, 2.45) is 0 Å². The van der Waals surface area contributed by atoms with Crippen molar-refractivity contribution in [3.63, 3.8) is 0 Å². The lowest BCUT2D eigenvalue weighted by molar-refractivity contribution is 0.0966. The first kappa shape index (κ1) is 13.3. The number of benzene rings is 1. The van der Waals surface area contributed by atoms with E-state index >= 15 is 0 Å². The number of halogens is 2. The zero-order valence-electron chi connectivity index (χ0n) is 10.1. The van der Waals surface area contributed by atoms with E-state index in [0.29, 0.717) is 10.6 Å². The first-order valence-electron chi connectivity index (χ1n) is 5.47. The number of rotatable bonds is 3. The van der Waals surface area contributed by atoms with Crippen LogP contribution in [0, 0.1) is 13.8 Å². The normalized spacial score (nSPS) is 10.7. The molecule has 0 aliphatic heterocycles. The fourth-order valence-electron chi connectivity index (χ4n) is 1.69. The average molecular weight is 328 g/mol. The van der Waals surface area contributed by atoms with Crippen molar-refractivity contribution in [3.8, 4) is 0 Å². The van der Waals surface area contributed by atoms with Crippen LogP contribution in [0.4, 0.5) is 0 Å². The molecule has 0 fully saturated rings. The van der Waals surface area contributed by atoms with Crippen molar-refractivity contribution >= 4 is 33.3 Å². The van der Waals surface area contributed by atoms with Crippen molar-refractivity contribution in [2.45, 2.75) is 20.4 Å². The summed E-state index contributed by atoms with van der Waals surface area (Å²) in [4.78, 5) is 12.1. The summed E-state index contributed by atoms with van der Waals surface area (Å²) in [6.45, 7) is 4.07. The highest BCUT2D eigenvalue weighted by Crippen LogP contribution is 2.20. The third-order valence-corrected chi connectivity index (χ3v) is 4.15. The molecule has 0 aliphatic rings. The number of carbonyl (C=O) groups excluding carboxylic acids is 1.